The van der Waals surface area contributed by atoms with Crippen LogP contribution >= 0.6 is 0 Å². The maximum absolute atomic E-state index is 11.3. The van der Waals surface area contributed by atoms with E-state index in [1.54, 1.807) is 0 Å². The third-order valence-corrected chi connectivity index (χ3v) is 2.87. The molecule has 0 rings (SSSR count). The second-order valence-corrected chi connectivity index (χ2v) is 4.70. The highest BCUT2D eigenvalue weighted by Crippen LogP contribution is 2.03. The predicted octanol–water partition coefficient (Wildman–Crippen LogP) is 4.10. The molecule has 0 aromatic heterocycles. The van der Waals surface area contributed by atoms with Gasteiger partial charge in [-0.05, 0) is 12.8 Å². The number of hydrogen-bond donors (Lipinski definition) is 0. The second-order valence-electron chi connectivity index (χ2n) is 4.70. The number of rotatable bonds is 13. The van der Waals surface area contributed by atoms with Crippen LogP contribution in [0.25, 0.3) is 0 Å². The van der Waals surface area contributed by atoms with Crippen LogP contribution in [-0.4, -0.2) is 25.8 Å². The van der Waals surface area contributed by atoms with Crippen molar-refractivity contribution in [1.82, 2.24) is 0 Å². The molecule has 0 spiro atoms. The fraction of sp³-hybridized carbons (Fsp3) is 0.933. The normalized spacial score (nSPS) is 10.6. The van der Waals surface area contributed by atoms with Crippen molar-refractivity contribution in [3.8, 4) is 0 Å². The summed E-state index contributed by atoms with van der Waals surface area (Å²) in [5.41, 5.74) is 0. The van der Waals surface area contributed by atoms with Crippen molar-refractivity contribution < 1.29 is 14.3 Å². The van der Waals surface area contributed by atoms with Gasteiger partial charge < -0.3 is 9.47 Å². The topological polar surface area (TPSA) is 35.5 Å². The summed E-state index contributed by atoms with van der Waals surface area (Å²) in [5.74, 6) is -0.0827. The summed E-state index contributed by atoms with van der Waals surface area (Å²) in [4.78, 5) is 11.3. The van der Waals surface area contributed by atoms with Gasteiger partial charge in [-0.2, -0.15) is 0 Å². The third-order valence-electron chi connectivity index (χ3n) is 2.87. The lowest BCUT2D eigenvalue weighted by molar-refractivity contribution is -0.145. The van der Waals surface area contributed by atoms with E-state index in [4.69, 9.17) is 9.47 Å². The molecule has 0 radical (unpaired) electrons. The van der Waals surface area contributed by atoms with Gasteiger partial charge in [-0.3, -0.25) is 4.79 Å². The number of hydrogen-bond acceptors (Lipinski definition) is 3. The first-order valence-corrected chi connectivity index (χ1v) is 7.54. The van der Waals surface area contributed by atoms with E-state index >= 15 is 0 Å². The molecule has 0 amide bonds. The summed E-state index contributed by atoms with van der Waals surface area (Å²) in [7, 11) is 0. The zero-order valence-electron chi connectivity index (χ0n) is 12.2. The van der Waals surface area contributed by atoms with Crippen molar-refractivity contribution in [3.63, 3.8) is 0 Å². The highest BCUT2D eigenvalue weighted by Gasteiger charge is 2.01. The van der Waals surface area contributed by atoms with Crippen molar-refractivity contribution in [2.45, 2.75) is 71.6 Å². The molecule has 0 aliphatic carbocycles. The second kappa shape index (κ2) is 14.5. The van der Waals surface area contributed by atoms with Gasteiger partial charge in [0.2, 0.25) is 0 Å². The molecule has 0 aliphatic rings. The minimum Gasteiger partial charge on any atom is -0.463 e. The average molecular weight is 258 g/mol. The summed E-state index contributed by atoms with van der Waals surface area (Å²) >= 11 is 0. The molecule has 0 saturated carbocycles. The highest BCUT2D eigenvalue weighted by molar-refractivity contribution is 5.69. The van der Waals surface area contributed by atoms with Gasteiger partial charge in [0, 0.05) is 13.0 Å². The van der Waals surface area contributed by atoms with Gasteiger partial charge in [-0.15, -0.1) is 0 Å². The van der Waals surface area contributed by atoms with Crippen LogP contribution in [-0.2, 0) is 14.3 Å². The maximum Gasteiger partial charge on any atom is 0.305 e. The summed E-state index contributed by atoms with van der Waals surface area (Å²) < 4.78 is 10.5. The largest absolute Gasteiger partial charge is 0.463 e. The lowest BCUT2D eigenvalue weighted by Gasteiger charge is -2.06. The van der Waals surface area contributed by atoms with Crippen molar-refractivity contribution in [1.29, 1.82) is 0 Å². The Morgan fingerprint density at radius 2 is 1.44 bits per heavy atom. The lowest BCUT2D eigenvalue weighted by Crippen LogP contribution is -2.10. The number of carbonyl (C=O) groups is 1. The minimum absolute atomic E-state index is 0.0827. The van der Waals surface area contributed by atoms with Crippen LogP contribution < -0.4 is 0 Å². The number of unbranched alkanes of at least 4 members (excludes halogenated alkanes) is 6. The summed E-state index contributed by atoms with van der Waals surface area (Å²) in [5, 5.41) is 0. The van der Waals surface area contributed by atoms with Crippen molar-refractivity contribution in [3.05, 3.63) is 0 Å². The van der Waals surface area contributed by atoms with E-state index in [0.29, 0.717) is 19.6 Å². The van der Waals surface area contributed by atoms with Crippen LogP contribution in [0, 0.1) is 0 Å². The molecule has 0 aliphatic heterocycles. The summed E-state index contributed by atoms with van der Waals surface area (Å²) in [6, 6.07) is 0. The Balaban J connectivity index is 3.10. The quantitative estimate of drug-likeness (QED) is 0.368. The van der Waals surface area contributed by atoms with Gasteiger partial charge in [0.15, 0.2) is 0 Å². The smallest absolute Gasteiger partial charge is 0.305 e. The predicted molar refractivity (Wildman–Crippen MR) is 74.7 cm³/mol. The first kappa shape index (κ1) is 17.4. The zero-order chi connectivity index (χ0) is 13.5. The molecule has 3 heteroatoms. The molecule has 3 nitrogen and oxygen atoms in total. The van der Waals surface area contributed by atoms with Crippen LogP contribution in [0.5, 0.6) is 0 Å². The Morgan fingerprint density at radius 1 is 0.778 bits per heavy atom. The molecular formula is C15H30O3. The van der Waals surface area contributed by atoms with Crippen LogP contribution in [0.15, 0.2) is 0 Å². The van der Waals surface area contributed by atoms with Crippen LogP contribution in [0.4, 0.5) is 0 Å². The van der Waals surface area contributed by atoms with Crippen LogP contribution in [0.3, 0.4) is 0 Å². The van der Waals surface area contributed by atoms with Crippen LogP contribution in [0.2, 0.25) is 0 Å². The molecule has 0 heterocycles. The van der Waals surface area contributed by atoms with E-state index in [-0.39, 0.29) is 5.97 Å². The minimum atomic E-state index is -0.0827. The molecule has 0 saturated heterocycles. The van der Waals surface area contributed by atoms with Gasteiger partial charge in [0.05, 0.1) is 6.61 Å². The zero-order valence-corrected chi connectivity index (χ0v) is 12.2. The molecular weight excluding hydrogens is 228 g/mol. The monoisotopic (exact) mass is 258 g/mol. The molecule has 0 unspecified atom stereocenters. The van der Waals surface area contributed by atoms with Crippen molar-refractivity contribution in [2.24, 2.45) is 0 Å². The number of ether oxygens (including phenoxy) is 2. The van der Waals surface area contributed by atoms with E-state index in [9.17, 15) is 4.79 Å². The van der Waals surface area contributed by atoms with Gasteiger partial charge in [0.1, 0.15) is 6.61 Å². The molecule has 18 heavy (non-hydrogen) atoms. The van der Waals surface area contributed by atoms with Gasteiger partial charge >= 0.3 is 5.97 Å². The number of carbonyl (C=O) groups excluding carboxylic acids is 1. The van der Waals surface area contributed by atoms with Gasteiger partial charge in [-0.25, -0.2) is 0 Å². The summed E-state index contributed by atoms with van der Waals surface area (Å²) in [6.07, 6.45) is 9.88. The first-order valence-electron chi connectivity index (χ1n) is 7.54. The number of esters is 1. The molecule has 0 fully saturated rings. The first-order chi connectivity index (χ1) is 8.81. The molecule has 0 aromatic rings. The molecule has 108 valence electrons. The van der Waals surface area contributed by atoms with E-state index < -0.39 is 0 Å². The molecule has 0 N–H and O–H groups in total. The van der Waals surface area contributed by atoms with E-state index in [1.807, 2.05) is 0 Å². The third kappa shape index (κ3) is 13.5. The SMILES string of the molecule is CCCCCCOCCOC(=O)CCCCCC. The van der Waals surface area contributed by atoms with Crippen molar-refractivity contribution >= 4 is 5.97 Å². The van der Waals surface area contributed by atoms with Gasteiger partial charge in [-0.1, -0.05) is 52.4 Å². The maximum atomic E-state index is 11.3. The highest BCUT2D eigenvalue weighted by atomic mass is 16.6. The Labute approximate surface area is 112 Å². The fourth-order valence-electron chi connectivity index (χ4n) is 1.72. The fourth-order valence-corrected chi connectivity index (χ4v) is 1.72. The van der Waals surface area contributed by atoms with E-state index in [0.717, 1.165) is 25.9 Å². The molecule has 0 atom stereocenters. The van der Waals surface area contributed by atoms with E-state index in [2.05, 4.69) is 13.8 Å². The Hall–Kier alpha value is -0.570. The van der Waals surface area contributed by atoms with Crippen molar-refractivity contribution in [2.75, 3.05) is 19.8 Å². The van der Waals surface area contributed by atoms with Crippen LogP contribution in [0.1, 0.15) is 71.6 Å². The molecule has 0 bridgehead atoms. The standard InChI is InChI=1S/C15H30O3/c1-3-5-7-9-11-15(16)18-14-13-17-12-10-8-6-4-2/h3-14H2,1-2H3. The average Bonchev–Trinajstić information content (AvgIpc) is 2.38. The molecule has 0 aromatic carbocycles. The van der Waals surface area contributed by atoms with E-state index in [1.165, 1.54) is 32.1 Å². The Bertz CT molecular complexity index is 181. The lowest BCUT2D eigenvalue weighted by atomic mass is 10.2. The Kier molecular flexibility index (Phi) is 14.0. The Morgan fingerprint density at radius 3 is 2.11 bits per heavy atom. The van der Waals surface area contributed by atoms with Gasteiger partial charge in [0.25, 0.3) is 0 Å². The summed E-state index contributed by atoms with van der Waals surface area (Å²) in [6.45, 7) is 6.08.